The molecule has 0 spiro atoms. The number of para-hydroxylation sites is 1. The van der Waals surface area contributed by atoms with E-state index in [0.717, 1.165) is 5.39 Å². The van der Waals surface area contributed by atoms with E-state index >= 15 is 0 Å². The molecule has 1 atom stereocenters. The van der Waals surface area contributed by atoms with Crippen LogP contribution < -0.4 is 10.9 Å². The van der Waals surface area contributed by atoms with Crippen molar-refractivity contribution in [3.63, 3.8) is 0 Å². The first-order valence-corrected chi connectivity index (χ1v) is 8.54. The van der Waals surface area contributed by atoms with Crippen molar-refractivity contribution in [1.29, 1.82) is 0 Å². The minimum absolute atomic E-state index is 0.0881. The lowest BCUT2D eigenvalue weighted by Crippen LogP contribution is -2.50. The Labute approximate surface area is 152 Å². The Hall–Kier alpha value is -2.84. The zero-order chi connectivity index (χ0) is 19.6. The zero-order valence-electron chi connectivity index (χ0n) is 14.3. The summed E-state index contributed by atoms with van der Waals surface area (Å²) in [6.07, 6.45) is -4.25. The average Bonchev–Trinajstić information content (AvgIpc) is 3.10. The normalized spacial score (nSPS) is 17.3. The third-order valence-electron chi connectivity index (χ3n) is 4.58. The van der Waals surface area contributed by atoms with E-state index in [1.54, 1.807) is 18.2 Å². The van der Waals surface area contributed by atoms with Gasteiger partial charge in [-0.05, 0) is 36.8 Å². The van der Waals surface area contributed by atoms with Crippen molar-refractivity contribution in [2.45, 2.75) is 31.5 Å². The summed E-state index contributed by atoms with van der Waals surface area (Å²) in [5.41, 5.74) is 0.879. The Morgan fingerprint density at radius 2 is 2.00 bits per heavy atom. The molecule has 1 fully saturated rings. The molecule has 9 heteroatoms. The molecule has 0 saturated carbocycles. The molecule has 2 amide bonds. The predicted octanol–water partition coefficient (Wildman–Crippen LogP) is 1.74. The number of nitrogens with one attached hydrogen (secondary N) is 2. The van der Waals surface area contributed by atoms with Crippen LogP contribution in [0.4, 0.5) is 13.2 Å². The molecule has 2 heterocycles. The number of nitrogens with zero attached hydrogens (tertiary/aromatic N) is 1. The van der Waals surface area contributed by atoms with Crippen LogP contribution in [0, 0.1) is 0 Å². The van der Waals surface area contributed by atoms with Crippen LogP contribution in [0.1, 0.15) is 18.4 Å². The summed E-state index contributed by atoms with van der Waals surface area (Å²) in [5.74, 6) is -2.63. The summed E-state index contributed by atoms with van der Waals surface area (Å²) >= 11 is 0. The van der Waals surface area contributed by atoms with Crippen molar-refractivity contribution < 1.29 is 22.8 Å². The van der Waals surface area contributed by atoms with Gasteiger partial charge in [0.15, 0.2) is 0 Å². The number of aromatic nitrogens is 1. The zero-order valence-corrected chi connectivity index (χ0v) is 14.3. The SMILES string of the molecule is O=C(NCCc1cc2ccccc2[nH]c1=O)C1CCCN1C(=O)C(F)(F)F. The first-order chi connectivity index (χ1) is 12.8. The van der Waals surface area contributed by atoms with Crippen molar-refractivity contribution >= 4 is 22.7 Å². The second kappa shape index (κ2) is 7.42. The number of aromatic amines is 1. The lowest BCUT2D eigenvalue weighted by atomic mass is 10.1. The Kier molecular flexibility index (Phi) is 5.20. The fourth-order valence-corrected chi connectivity index (χ4v) is 3.26. The number of halogens is 3. The van der Waals surface area contributed by atoms with E-state index in [-0.39, 0.29) is 31.5 Å². The maximum Gasteiger partial charge on any atom is 0.471 e. The largest absolute Gasteiger partial charge is 0.471 e. The summed E-state index contributed by atoms with van der Waals surface area (Å²) in [6, 6.07) is 7.83. The van der Waals surface area contributed by atoms with Crippen LogP contribution in [0.5, 0.6) is 0 Å². The summed E-state index contributed by atoms with van der Waals surface area (Å²) in [7, 11) is 0. The topological polar surface area (TPSA) is 82.3 Å². The van der Waals surface area contributed by atoms with E-state index in [1.165, 1.54) is 0 Å². The van der Waals surface area contributed by atoms with Gasteiger partial charge in [0.1, 0.15) is 6.04 Å². The van der Waals surface area contributed by atoms with Crippen LogP contribution in [0.15, 0.2) is 35.1 Å². The van der Waals surface area contributed by atoms with Gasteiger partial charge in [0, 0.05) is 24.2 Å². The number of fused-ring (bicyclic) bond motifs is 1. The van der Waals surface area contributed by atoms with Crippen LogP contribution in [0.25, 0.3) is 10.9 Å². The van der Waals surface area contributed by atoms with Crippen LogP contribution in [-0.2, 0) is 16.0 Å². The minimum Gasteiger partial charge on any atom is -0.354 e. The van der Waals surface area contributed by atoms with E-state index in [0.29, 0.717) is 22.4 Å². The molecule has 0 bridgehead atoms. The van der Waals surface area contributed by atoms with Crippen molar-refractivity contribution in [3.05, 3.63) is 46.2 Å². The van der Waals surface area contributed by atoms with E-state index in [2.05, 4.69) is 10.3 Å². The number of benzene rings is 1. The van der Waals surface area contributed by atoms with E-state index in [1.807, 2.05) is 12.1 Å². The molecule has 1 aromatic carbocycles. The van der Waals surface area contributed by atoms with Gasteiger partial charge in [-0.25, -0.2) is 0 Å². The van der Waals surface area contributed by atoms with Gasteiger partial charge in [-0.2, -0.15) is 13.2 Å². The maximum atomic E-state index is 12.6. The van der Waals surface area contributed by atoms with Gasteiger partial charge in [0.05, 0.1) is 0 Å². The second-order valence-corrected chi connectivity index (χ2v) is 6.41. The van der Waals surface area contributed by atoms with Crippen LogP contribution in [0.3, 0.4) is 0 Å². The lowest BCUT2D eigenvalue weighted by Gasteiger charge is -2.24. The first-order valence-electron chi connectivity index (χ1n) is 8.54. The van der Waals surface area contributed by atoms with Gasteiger partial charge < -0.3 is 15.2 Å². The molecule has 2 aromatic rings. The third-order valence-corrected chi connectivity index (χ3v) is 4.58. The maximum absolute atomic E-state index is 12.6. The highest BCUT2D eigenvalue weighted by Crippen LogP contribution is 2.25. The molecule has 1 aliphatic rings. The summed E-state index contributed by atoms with van der Waals surface area (Å²) in [6.45, 7) is -0.00836. The van der Waals surface area contributed by atoms with Crippen molar-refractivity contribution in [2.24, 2.45) is 0 Å². The van der Waals surface area contributed by atoms with E-state index in [4.69, 9.17) is 0 Å². The standard InChI is InChI=1S/C18H18F3N3O3/c19-18(20,21)17(27)24-9-3-6-14(24)16(26)22-8-7-12-10-11-4-1-2-5-13(11)23-15(12)25/h1-2,4-5,10,14H,3,6-9H2,(H,22,26)(H,23,25). The molecular weight excluding hydrogens is 363 g/mol. The number of hydrogen-bond donors (Lipinski definition) is 2. The van der Waals surface area contributed by atoms with Gasteiger partial charge in [-0.1, -0.05) is 18.2 Å². The second-order valence-electron chi connectivity index (χ2n) is 6.41. The van der Waals surface area contributed by atoms with Gasteiger partial charge >= 0.3 is 12.1 Å². The Balaban J connectivity index is 1.62. The lowest BCUT2D eigenvalue weighted by molar-refractivity contribution is -0.186. The third kappa shape index (κ3) is 4.12. The highest BCUT2D eigenvalue weighted by molar-refractivity contribution is 5.90. The number of pyridine rings is 1. The Morgan fingerprint density at radius 3 is 2.74 bits per heavy atom. The van der Waals surface area contributed by atoms with Crippen LogP contribution in [-0.4, -0.2) is 47.0 Å². The fourth-order valence-electron chi connectivity index (χ4n) is 3.26. The van der Waals surface area contributed by atoms with Gasteiger partial charge in [-0.3, -0.25) is 14.4 Å². The molecule has 0 radical (unpaired) electrons. The molecular formula is C18H18F3N3O3. The molecule has 6 nitrogen and oxygen atoms in total. The molecule has 1 aliphatic heterocycles. The number of hydrogen-bond acceptors (Lipinski definition) is 3. The molecule has 1 unspecified atom stereocenters. The smallest absolute Gasteiger partial charge is 0.354 e. The van der Waals surface area contributed by atoms with Crippen molar-refractivity contribution in [2.75, 3.05) is 13.1 Å². The average molecular weight is 381 g/mol. The Morgan fingerprint density at radius 1 is 1.26 bits per heavy atom. The number of rotatable bonds is 4. The van der Waals surface area contributed by atoms with Crippen LogP contribution in [0.2, 0.25) is 0 Å². The van der Waals surface area contributed by atoms with Crippen LogP contribution >= 0.6 is 0 Å². The predicted molar refractivity (Wildman–Crippen MR) is 92.1 cm³/mol. The number of likely N-dealkylation sites (tertiary alicyclic amines) is 1. The summed E-state index contributed by atoms with van der Waals surface area (Å²) in [5, 5.41) is 3.38. The molecule has 144 valence electrons. The first kappa shape index (κ1) is 18.9. The minimum atomic E-state index is -5.00. The number of carbonyl (C=O) groups is 2. The molecule has 1 aromatic heterocycles. The highest BCUT2D eigenvalue weighted by atomic mass is 19.4. The quantitative estimate of drug-likeness (QED) is 0.847. The van der Waals surface area contributed by atoms with Gasteiger partial charge in [0.25, 0.3) is 5.56 Å². The van der Waals surface area contributed by atoms with Crippen molar-refractivity contribution in [1.82, 2.24) is 15.2 Å². The number of alkyl halides is 3. The highest BCUT2D eigenvalue weighted by Gasteiger charge is 2.47. The Bertz CT molecular complexity index is 923. The van der Waals surface area contributed by atoms with E-state index < -0.39 is 24.0 Å². The number of H-pyrrole nitrogens is 1. The summed E-state index contributed by atoms with van der Waals surface area (Å²) < 4.78 is 37.9. The fraction of sp³-hybridized carbons (Fsp3) is 0.389. The van der Waals surface area contributed by atoms with Gasteiger partial charge in [0.2, 0.25) is 5.91 Å². The molecule has 0 aliphatic carbocycles. The van der Waals surface area contributed by atoms with Gasteiger partial charge in [-0.15, -0.1) is 0 Å². The van der Waals surface area contributed by atoms with Crippen molar-refractivity contribution in [3.8, 4) is 0 Å². The summed E-state index contributed by atoms with van der Waals surface area (Å²) in [4.78, 5) is 39.0. The molecule has 3 rings (SSSR count). The monoisotopic (exact) mass is 381 g/mol. The molecule has 27 heavy (non-hydrogen) atoms. The number of carbonyl (C=O) groups excluding carboxylic acids is 2. The number of amides is 2. The van der Waals surface area contributed by atoms with E-state index in [9.17, 15) is 27.6 Å². The molecule has 2 N–H and O–H groups in total. The molecule has 1 saturated heterocycles.